The number of rotatable bonds is 19. The molecule has 3 fully saturated rings. The normalized spacial score (nSPS) is 17.1. The highest BCUT2D eigenvalue weighted by molar-refractivity contribution is 7.88. The van der Waals surface area contributed by atoms with Gasteiger partial charge < -0.3 is 23.6 Å². The van der Waals surface area contributed by atoms with Gasteiger partial charge in [0.1, 0.15) is 48.4 Å². The molecule has 3 aromatic carbocycles. The maximum absolute atomic E-state index is 13.8. The van der Waals surface area contributed by atoms with Gasteiger partial charge in [0, 0.05) is 109 Å². The predicted molar refractivity (Wildman–Crippen MR) is 323 cm³/mol. The molecule has 9 rings (SSSR count). The van der Waals surface area contributed by atoms with Crippen molar-refractivity contribution in [1.82, 2.24) is 42.0 Å². The summed E-state index contributed by atoms with van der Waals surface area (Å²) in [6.07, 6.45) is 13.5. The van der Waals surface area contributed by atoms with E-state index in [2.05, 4.69) is 54.2 Å². The molecule has 25 heteroatoms. The summed E-state index contributed by atoms with van der Waals surface area (Å²) in [5.74, 6) is 2.24. The summed E-state index contributed by atoms with van der Waals surface area (Å²) >= 11 is 0. The van der Waals surface area contributed by atoms with Gasteiger partial charge in [0.05, 0.1) is 48.2 Å². The number of imidazole rings is 3. The quantitative estimate of drug-likeness (QED) is 0.0599. The third-order valence-electron chi connectivity index (χ3n) is 15.0. The highest BCUT2D eigenvalue weighted by atomic mass is 32.2. The van der Waals surface area contributed by atoms with E-state index < -0.39 is 46.2 Å². The zero-order valence-corrected chi connectivity index (χ0v) is 53.3. The van der Waals surface area contributed by atoms with Crippen molar-refractivity contribution < 1.29 is 47.9 Å². The lowest BCUT2D eigenvalue weighted by Crippen LogP contribution is -2.37. The van der Waals surface area contributed by atoms with Gasteiger partial charge in [-0.15, -0.1) is 0 Å². The molecule has 3 aliphatic rings. The van der Waals surface area contributed by atoms with E-state index >= 15 is 0 Å². The molecule has 6 heterocycles. The largest absolute Gasteiger partial charge is 0.361 e. The molecule has 0 radical (unpaired) electrons. The van der Waals surface area contributed by atoms with Crippen LogP contribution in [0.4, 0.5) is 13.2 Å². The van der Waals surface area contributed by atoms with E-state index in [0.717, 1.165) is 70.5 Å². The second-order valence-electron chi connectivity index (χ2n) is 24.1. The van der Waals surface area contributed by atoms with Crippen molar-refractivity contribution >= 4 is 46.2 Å². The minimum atomic E-state index is -3.17. The van der Waals surface area contributed by atoms with E-state index in [4.69, 9.17) is 14.5 Å². The van der Waals surface area contributed by atoms with Gasteiger partial charge in [0.25, 0.3) is 0 Å². The molecule has 3 aromatic heterocycles. The Morgan fingerprint density at radius 3 is 1.45 bits per heavy atom. The van der Waals surface area contributed by atoms with Gasteiger partial charge in [-0.25, -0.2) is 66.3 Å². The van der Waals surface area contributed by atoms with Crippen molar-refractivity contribution in [3.63, 3.8) is 0 Å². The molecule has 17 nitrogen and oxygen atoms in total. The van der Waals surface area contributed by atoms with Gasteiger partial charge in [-0.3, -0.25) is 0 Å². The number of aromatic nitrogens is 6. The Hall–Kier alpha value is -4.84. The van der Waals surface area contributed by atoms with Crippen LogP contribution >= 0.6 is 0 Å². The first-order chi connectivity index (χ1) is 38.5. The Bertz CT molecular complexity index is 3350. The molecule has 6 aromatic rings. The van der Waals surface area contributed by atoms with Crippen molar-refractivity contribution in [2.24, 2.45) is 0 Å². The Kier molecular flexibility index (Phi) is 22.0. The zero-order chi connectivity index (χ0) is 59.6. The molecule has 3 saturated heterocycles. The highest BCUT2D eigenvalue weighted by Crippen LogP contribution is 2.34. The number of hydrogen-bond acceptors (Lipinski definition) is 11. The number of piperidine rings is 3. The van der Waals surface area contributed by atoms with E-state index in [1.54, 1.807) is 30.6 Å². The Morgan fingerprint density at radius 2 is 0.976 bits per heavy atom. The molecule has 0 atom stereocenters. The van der Waals surface area contributed by atoms with Crippen LogP contribution in [0.1, 0.15) is 73.8 Å². The minimum absolute atomic E-state index is 0.144. The van der Waals surface area contributed by atoms with E-state index in [0.29, 0.717) is 97.3 Å². The van der Waals surface area contributed by atoms with Crippen LogP contribution in [-0.2, 0) is 53.0 Å². The summed E-state index contributed by atoms with van der Waals surface area (Å²) in [5.41, 5.74) is 4.56. The van der Waals surface area contributed by atoms with Crippen LogP contribution in [-0.4, -0.2) is 155 Å². The standard InChI is InChI=1S/2C21H32FN3O3SSi.C15H18FN3O2S/c1-29(26,27)25-10-8-17(9-11-25)21-23-20(18-6-5-7-19(22)14-18)15-24(21)16-28-12-13-30(2,3)4;1-29(26,27)24-10-8-17(9-11-24)21-23-15-20(18-6-5-7-19(22)14-18)25(21)16-28-12-13-30(2,3)4;1-22(20,21)19-7-5-11(6-8-19)15-17-10-14(18-15)12-3-2-4-13(16)9-12/h2*5-7,14-15,17H,8-13,16H2,1-4H3;2-4,9-11H,5-8H2,1H3,(H,17,18). The number of sulfonamides is 3. The average molecular weight is 1230 g/mol. The number of ether oxygens (including phenoxy) is 2. The number of hydrogen-bond donors (Lipinski definition) is 1. The monoisotopic (exact) mass is 1230 g/mol. The molecule has 450 valence electrons. The highest BCUT2D eigenvalue weighted by Gasteiger charge is 2.32. The number of nitrogens with zero attached hydrogens (tertiary/aromatic N) is 8. The number of halogens is 3. The fourth-order valence-electron chi connectivity index (χ4n) is 10.2. The maximum Gasteiger partial charge on any atom is 0.211 e. The summed E-state index contributed by atoms with van der Waals surface area (Å²) in [7, 11) is -11.8. The zero-order valence-electron chi connectivity index (χ0n) is 48.8. The SMILES string of the molecule is CS(=O)(=O)N1CCC(c2ncc(-c3cccc(F)c3)[nH]2)CC1.C[Si](C)(C)CCOCn1c(-c2cccc(F)c2)cnc1C1CCN(S(C)(=O)=O)CC1.C[Si](C)(C)CCOCn1cc(-c2cccc(F)c2)nc1C1CCN(S(C)(=O)=O)CC1. The number of H-pyrrole nitrogens is 1. The fraction of sp³-hybridized carbons (Fsp3) is 0.526. The molecule has 0 unspecified atom stereocenters. The van der Waals surface area contributed by atoms with Gasteiger partial charge >= 0.3 is 0 Å². The Morgan fingerprint density at radius 1 is 0.549 bits per heavy atom. The predicted octanol–water partition coefficient (Wildman–Crippen LogP) is 10.6. The van der Waals surface area contributed by atoms with Crippen molar-refractivity contribution in [3.05, 3.63) is 126 Å². The Labute approximate surface area is 485 Å². The maximum atomic E-state index is 13.8. The third-order valence-corrected chi connectivity index (χ3v) is 22.3. The second-order valence-corrected chi connectivity index (χ2v) is 41.3. The van der Waals surface area contributed by atoms with Crippen molar-refractivity contribution in [1.29, 1.82) is 0 Å². The van der Waals surface area contributed by atoms with Crippen LogP contribution in [0.2, 0.25) is 51.4 Å². The topological polar surface area (TPSA) is 195 Å². The van der Waals surface area contributed by atoms with Gasteiger partial charge in [-0.2, -0.15) is 0 Å². The van der Waals surface area contributed by atoms with Crippen molar-refractivity contribution in [3.8, 4) is 33.8 Å². The summed E-state index contributed by atoms with van der Waals surface area (Å²) in [5, 5.41) is 0. The van der Waals surface area contributed by atoms with Crippen LogP contribution in [0.15, 0.2) is 91.4 Å². The molecule has 0 bridgehead atoms. The van der Waals surface area contributed by atoms with Gasteiger partial charge in [-0.05, 0) is 87.0 Å². The van der Waals surface area contributed by atoms with Crippen LogP contribution in [0.3, 0.4) is 0 Å². The third kappa shape index (κ3) is 19.1. The summed E-state index contributed by atoms with van der Waals surface area (Å²) < 4.78 is 132. The summed E-state index contributed by atoms with van der Waals surface area (Å²) in [6, 6.07) is 21.4. The minimum Gasteiger partial charge on any atom is -0.361 e. The van der Waals surface area contributed by atoms with Crippen LogP contribution in [0.5, 0.6) is 0 Å². The molecule has 1 N–H and O–H groups in total. The molecule has 82 heavy (non-hydrogen) atoms. The first kappa shape index (κ1) is 64.7. The molecular formula is C57H82F3N9O8S3Si2. The Balaban J connectivity index is 0.000000179. The first-order valence-electron chi connectivity index (χ1n) is 28.0. The lowest BCUT2D eigenvalue weighted by Gasteiger charge is -2.30. The molecular weight excluding hydrogens is 1150 g/mol. The van der Waals surface area contributed by atoms with E-state index in [1.165, 1.54) is 68.1 Å². The van der Waals surface area contributed by atoms with E-state index in [9.17, 15) is 38.4 Å². The average Bonchev–Trinajstić information content (AvgIpc) is 4.16. The number of benzene rings is 3. The smallest absolute Gasteiger partial charge is 0.211 e. The lowest BCUT2D eigenvalue weighted by molar-refractivity contribution is 0.0834. The number of aromatic amines is 1. The van der Waals surface area contributed by atoms with Crippen LogP contribution < -0.4 is 0 Å². The van der Waals surface area contributed by atoms with E-state index in [-0.39, 0.29) is 35.2 Å². The van der Waals surface area contributed by atoms with Crippen molar-refractivity contribution in [2.75, 3.05) is 71.2 Å². The number of nitrogens with one attached hydrogen (secondary N) is 1. The van der Waals surface area contributed by atoms with Crippen molar-refractivity contribution in [2.45, 2.75) is 121 Å². The molecule has 0 spiro atoms. The lowest BCUT2D eigenvalue weighted by atomic mass is 9.97. The summed E-state index contributed by atoms with van der Waals surface area (Å²) in [4.78, 5) is 17.1. The van der Waals surface area contributed by atoms with Gasteiger partial charge in [-0.1, -0.05) is 75.7 Å². The van der Waals surface area contributed by atoms with E-state index in [1.807, 2.05) is 33.5 Å². The first-order valence-corrected chi connectivity index (χ1v) is 40.9. The van der Waals surface area contributed by atoms with Gasteiger partial charge in [0.2, 0.25) is 30.1 Å². The van der Waals surface area contributed by atoms with Crippen LogP contribution in [0.25, 0.3) is 33.8 Å². The molecule has 3 aliphatic heterocycles. The summed E-state index contributed by atoms with van der Waals surface area (Å²) in [6.45, 7) is 19.0. The molecule has 0 amide bonds. The van der Waals surface area contributed by atoms with Gasteiger partial charge in [0.15, 0.2) is 0 Å². The molecule has 0 aliphatic carbocycles. The second kappa shape index (κ2) is 27.9. The van der Waals surface area contributed by atoms with Crippen LogP contribution in [0, 0.1) is 17.5 Å². The fourth-order valence-corrected chi connectivity index (χ4v) is 14.3. The molecule has 0 saturated carbocycles.